The van der Waals surface area contributed by atoms with Gasteiger partial charge in [-0.15, -0.1) is 0 Å². The van der Waals surface area contributed by atoms with Gasteiger partial charge in [0.05, 0.1) is 10.6 Å². The van der Waals surface area contributed by atoms with Gasteiger partial charge in [-0.25, -0.2) is 9.78 Å². The number of imide groups is 1. The molecule has 0 unspecified atom stereocenters. The Balaban J connectivity index is 1.87. The number of nitrogens with one attached hydrogen (secondary N) is 1. The lowest BCUT2D eigenvalue weighted by Crippen LogP contribution is -2.34. The first kappa shape index (κ1) is 16.9. The van der Waals surface area contributed by atoms with Crippen molar-refractivity contribution < 1.29 is 19.1 Å². The Hall–Kier alpha value is -2.44. The summed E-state index contributed by atoms with van der Waals surface area (Å²) in [6, 6.07) is 9.44. The Bertz CT molecular complexity index is 750. The van der Waals surface area contributed by atoms with Gasteiger partial charge in [0.15, 0.2) is 6.61 Å². The summed E-state index contributed by atoms with van der Waals surface area (Å²) in [5.74, 6) is -2.14. The Labute approximate surface area is 141 Å². The van der Waals surface area contributed by atoms with Gasteiger partial charge in [0.25, 0.3) is 11.8 Å². The first-order valence-electron chi connectivity index (χ1n) is 6.35. The van der Waals surface area contributed by atoms with E-state index in [1.165, 1.54) is 12.3 Å². The van der Waals surface area contributed by atoms with E-state index in [4.69, 9.17) is 27.9 Å². The molecule has 6 nitrogen and oxygen atoms in total. The minimum Gasteiger partial charge on any atom is -0.452 e. The van der Waals surface area contributed by atoms with Crippen molar-refractivity contribution in [3.63, 3.8) is 0 Å². The second-order valence-corrected chi connectivity index (χ2v) is 5.08. The van der Waals surface area contributed by atoms with Crippen molar-refractivity contribution in [2.75, 3.05) is 6.61 Å². The molecule has 8 heteroatoms. The number of hydrogen-bond donors (Lipinski definition) is 1. The third-order valence-corrected chi connectivity index (χ3v) is 3.34. The van der Waals surface area contributed by atoms with Gasteiger partial charge in [-0.2, -0.15) is 0 Å². The van der Waals surface area contributed by atoms with Crippen molar-refractivity contribution in [2.45, 2.75) is 0 Å². The Morgan fingerprint density at radius 3 is 2.43 bits per heavy atom. The summed E-state index contributed by atoms with van der Waals surface area (Å²) in [4.78, 5) is 38.8. The molecule has 0 saturated carbocycles. The molecule has 1 aromatic carbocycles. The van der Waals surface area contributed by atoms with Crippen molar-refractivity contribution >= 4 is 41.0 Å². The van der Waals surface area contributed by atoms with Gasteiger partial charge >= 0.3 is 5.97 Å². The first-order valence-corrected chi connectivity index (χ1v) is 7.10. The van der Waals surface area contributed by atoms with Gasteiger partial charge in [0, 0.05) is 11.8 Å². The molecule has 0 radical (unpaired) electrons. The summed E-state index contributed by atoms with van der Waals surface area (Å²) in [6.45, 7) is -0.613. The molecule has 118 valence electrons. The molecule has 2 aromatic rings. The molecule has 0 aliphatic carbocycles. The van der Waals surface area contributed by atoms with E-state index in [0.717, 1.165) is 0 Å². The molecule has 0 spiro atoms. The molecule has 2 amide bonds. The molecule has 0 atom stereocenters. The number of pyridine rings is 1. The second kappa shape index (κ2) is 7.71. The van der Waals surface area contributed by atoms with Crippen LogP contribution < -0.4 is 5.32 Å². The second-order valence-electron chi connectivity index (χ2n) is 4.32. The standard InChI is InChI=1S/C15H10Cl2N2O4/c16-11-6-10(7-18-13(11)17)15(22)23-8-12(20)19-14(21)9-4-2-1-3-5-9/h1-7H,8H2,(H,19,20,21). The molecule has 0 aliphatic rings. The van der Waals surface area contributed by atoms with Gasteiger partial charge in [0.2, 0.25) is 0 Å². The number of rotatable bonds is 4. The van der Waals surface area contributed by atoms with Gasteiger partial charge in [-0.1, -0.05) is 41.4 Å². The predicted octanol–water partition coefficient (Wildman–Crippen LogP) is 2.50. The predicted molar refractivity (Wildman–Crippen MR) is 83.5 cm³/mol. The Kier molecular flexibility index (Phi) is 5.67. The number of esters is 1. The maximum absolute atomic E-state index is 11.7. The van der Waals surface area contributed by atoms with Gasteiger partial charge in [-0.3, -0.25) is 14.9 Å². The van der Waals surface area contributed by atoms with Crippen molar-refractivity contribution in [3.8, 4) is 0 Å². The fourth-order valence-corrected chi connectivity index (χ4v) is 1.84. The monoisotopic (exact) mass is 352 g/mol. The van der Waals surface area contributed by atoms with Gasteiger partial charge < -0.3 is 4.74 Å². The van der Waals surface area contributed by atoms with E-state index in [9.17, 15) is 14.4 Å². The van der Waals surface area contributed by atoms with Crippen LogP contribution in [-0.2, 0) is 9.53 Å². The largest absolute Gasteiger partial charge is 0.452 e. The number of amides is 2. The molecular weight excluding hydrogens is 343 g/mol. The van der Waals surface area contributed by atoms with E-state index in [2.05, 4.69) is 10.3 Å². The van der Waals surface area contributed by atoms with E-state index in [0.29, 0.717) is 5.56 Å². The van der Waals surface area contributed by atoms with Crippen LogP contribution in [0.4, 0.5) is 0 Å². The molecule has 0 saturated heterocycles. The zero-order chi connectivity index (χ0) is 16.8. The highest BCUT2D eigenvalue weighted by Gasteiger charge is 2.14. The minimum atomic E-state index is -0.807. The number of ether oxygens (including phenoxy) is 1. The first-order chi connectivity index (χ1) is 11.0. The van der Waals surface area contributed by atoms with Gasteiger partial charge in [0.1, 0.15) is 5.15 Å². The van der Waals surface area contributed by atoms with Crippen LogP contribution >= 0.6 is 23.2 Å². The van der Waals surface area contributed by atoms with Crippen LogP contribution in [0.5, 0.6) is 0 Å². The molecule has 23 heavy (non-hydrogen) atoms. The summed E-state index contributed by atoms with van der Waals surface area (Å²) in [6.07, 6.45) is 1.17. The summed E-state index contributed by atoms with van der Waals surface area (Å²) in [7, 11) is 0. The lowest BCUT2D eigenvalue weighted by molar-refractivity contribution is -0.123. The van der Waals surface area contributed by atoms with Crippen LogP contribution in [0.1, 0.15) is 20.7 Å². The maximum atomic E-state index is 11.7. The van der Waals surface area contributed by atoms with Crippen molar-refractivity contribution in [1.82, 2.24) is 10.3 Å². The highest BCUT2D eigenvalue weighted by Crippen LogP contribution is 2.19. The van der Waals surface area contributed by atoms with Crippen LogP contribution in [0.25, 0.3) is 0 Å². The number of benzene rings is 1. The average molecular weight is 353 g/mol. The fourth-order valence-electron chi connectivity index (χ4n) is 1.57. The quantitative estimate of drug-likeness (QED) is 0.674. The third kappa shape index (κ3) is 4.77. The van der Waals surface area contributed by atoms with Crippen LogP contribution in [0, 0.1) is 0 Å². The molecule has 0 bridgehead atoms. The van der Waals surface area contributed by atoms with Crippen molar-refractivity contribution in [1.29, 1.82) is 0 Å². The van der Waals surface area contributed by atoms with Crippen LogP contribution in [-0.4, -0.2) is 29.4 Å². The lowest BCUT2D eigenvalue weighted by atomic mass is 10.2. The maximum Gasteiger partial charge on any atom is 0.340 e. The van der Waals surface area contributed by atoms with Crippen molar-refractivity contribution in [2.24, 2.45) is 0 Å². The molecular formula is C15H10Cl2N2O4. The minimum absolute atomic E-state index is 0.0431. The summed E-state index contributed by atoms with van der Waals surface area (Å²) < 4.78 is 4.78. The third-order valence-electron chi connectivity index (χ3n) is 2.66. The average Bonchev–Trinajstić information content (AvgIpc) is 2.56. The number of aromatic nitrogens is 1. The summed E-state index contributed by atoms with van der Waals surface area (Å²) >= 11 is 11.4. The van der Waals surface area contributed by atoms with Crippen LogP contribution in [0.15, 0.2) is 42.6 Å². The fraction of sp³-hybridized carbons (Fsp3) is 0.0667. The number of carbonyl (C=O) groups excluding carboxylic acids is 3. The number of carbonyl (C=O) groups is 3. The molecule has 2 rings (SSSR count). The SMILES string of the molecule is O=C(COC(=O)c1cnc(Cl)c(Cl)c1)NC(=O)c1ccccc1. The molecule has 1 heterocycles. The highest BCUT2D eigenvalue weighted by atomic mass is 35.5. The van der Waals surface area contributed by atoms with Gasteiger partial charge in [-0.05, 0) is 18.2 Å². The Morgan fingerprint density at radius 1 is 1.09 bits per heavy atom. The summed E-state index contributed by atoms with van der Waals surface area (Å²) in [5.41, 5.74) is 0.363. The highest BCUT2D eigenvalue weighted by molar-refractivity contribution is 6.41. The van der Waals surface area contributed by atoms with Crippen molar-refractivity contribution in [3.05, 3.63) is 63.9 Å². The van der Waals surface area contributed by atoms with Crippen LogP contribution in [0.2, 0.25) is 10.2 Å². The topological polar surface area (TPSA) is 85.4 Å². The molecule has 1 aromatic heterocycles. The lowest BCUT2D eigenvalue weighted by Gasteiger charge is -2.06. The van der Waals surface area contributed by atoms with E-state index in [-0.39, 0.29) is 15.7 Å². The number of halogens is 2. The summed E-state index contributed by atoms with van der Waals surface area (Å²) in [5, 5.41) is 2.24. The smallest absolute Gasteiger partial charge is 0.340 e. The normalized spacial score (nSPS) is 10.0. The van der Waals surface area contributed by atoms with E-state index in [1.807, 2.05) is 0 Å². The number of nitrogens with zero attached hydrogens (tertiary/aromatic N) is 1. The van der Waals surface area contributed by atoms with E-state index < -0.39 is 24.4 Å². The molecule has 0 aliphatic heterocycles. The molecule has 1 N–H and O–H groups in total. The number of hydrogen-bond acceptors (Lipinski definition) is 5. The molecule has 0 fully saturated rings. The van der Waals surface area contributed by atoms with Crippen LogP contribution in [0.3, 0.4) is 0 Å². The zero-order valence-electron chi connectivity index (χ0n) is 11.6. The Morgan fingerprint density at radius 2 is 1.78 bits per heavy atom. The zero-order valence-corrected chi connectivity index (χ0v) is 13.1. The van der Waals surface area contributed by atoms with E-state index in [1.54, 1.807) is 30.3 Å². The van der Waals surface area contributed by atoms with E-state index >= 15 is 0 Å².